The zero-order chi connectivity index (χ0) is 11.4. The van der Waals surface area contributed by atoms with Crippen LogP contribution < -0.4 is 5.32 Å². The fraction of sp³-hybridized carbons (Fsp3) is 0.538. The molecule has 1 N–H and O–H groups in total. The number of rotatable bonds is 4. The van der Waals surface area contributed by atoms with Crippen LogP contribution in [0.15, 0.2) is 24.3 Å². The third-order valence-electron chi connectivity index (χ3n) is 3.05. The van der Waals surface area contributed by atoms with Gasteiger partial charge in [-0.3, -0.25) is 0 Å². The van der Waals surface area contributed by atoms with Crippen molar-refractivity contribution < 1.29 is 0 Å². The lowest BCUT2D eigenvalue weighted by molar-refractivity contribution is 0.559. The molecule has 16 heavy (non-hydrogen) atoms. The van der Waals surface area contributed by atoms with Gasteiger partial charge in [-0.1, -0.05) is 23.7 Å². The van der Waals surface area contributed by atoms with Crippen molar-refractivity contribution in [3.63, 3.8) is 0 Å². The fourth-order valence-corrected chi connectivity index (χ4v) is 3.32. The highest BCUT2D eigenvalue weighted by Gasteiger charge is 2.16. The van der Waals surface area contributed by atoms with Gasteiger partial charge in [0, 0.05) is 22.9 Å². The predicted molar refractivity (Wildman–Crippen MR) is 73.3 cm³/mol. The normalized spacial score (nSPS) is 22.2. The van der Waals surface area contributed by atoms with Crippen LogP contribution in [0.4, 0.5) is 0 Å². The van der Waals surface area contributed by atoms with E-state index < -0.39 is 0 Å². The van der Waals surface area contributed by atoms with Crippen molar-refractivity contribution in [1.82, 2.24) is 5.32 Å². The Kier molecular flexibility index (Phi) is 4.56. The van der Waals surface area contributed by atoms with Crippen molar-refractivity contribution in [3.8, 4) is 0 Å². The lowest BCUT2D eigenvalue weighted by atomic mass is 10.1. The molecule has 0 aromatic heterocycles. The molecule has 0 bridgehead atoms. The average Bonchev–Trinajstić information content (AvgIpc) is 2.80. The number of hydrogen-bond donors (Lipinski definition) is 1. The molecular formula is C13H18ClNS. The van der Waals surface area contributed by atoms with Crippen LogP contribution in [0.5, 0.6) is 0 Å². The molecule has 0 spiro atoms. The molecule has 1 aromatic rings. The maximum Gasteiger partial charge on any atom is 0.0406 e. The third kappa shape index (κ3) is 3.41. The van der Waals surface area contributed by atoms with Crippen molar-refractivity contribution in [1.29, 1.82) is 0 Å². The maximum absolute atomic E-state index is 5.87. The first kappa shape index (κ1) is 12.3. The van der Waals surface area contributed by atoms with Crippen LogP contribution in [0, 0.1) is 0 Å². The van der Waals surface area contributed by atoms with E-state index >= 15 is 0 Å². The monoisotopic (exact) mass is 255 g/mol. The van der Waals surface area contributed by atoms with Gasteiger partial charge in [0.05, 0.1) is 0 Å². The molecule has 2 rings (SSSR count). The highest BCUT2D eigenvalue weighted by molar-refractivity contribution is 8.00. The second kappa shape index (κ2) is 5.95. The van der Waals surface area contributed by atoms with Gasteiger partial charge >= 0.3 is 0 Å². The minimum absolute atomic E-state index is 0.415. The highest BCUT2D eigenvalue weighted by Crippen LogP contribution is 2.26. The van der Waals surface area contributed by atoms with Crippen LogP contribution in [0.1, 0.15) is 31.4 Å². The van der Waals surface area contributed by atoms with Crippen molar-refractivity contribution in [2.45, 2.75) is 31.1 Å². The SMILES string of the molecule is CC(NCC1CCCS1)c1ccc(Cl)cc1. The number of nitrogens with one attached hydrogen (secondary N) is 1. The Morgan fingerprint density at radius 1 is 1.44 bits per heavy atom. The summed E-state index contributed by atoms with van der Waals surface area (Å²) in [6.45, 7) is 3.33. The van der Waals surface area contributed by atoms with Crippen LogP contribution in [0.2, 0.25) is 5.02 Å². The molecule has 2 atom stereocenters. The summed E-state index contributed by atoms with van der Waals surface area (Å²) >= 11 is 7.97. The van der Waals surface area contributed by atoms with Gasteiger partial charge in [0.1, 0.15) is 0 Å². The van der Waals surface area contributed by atoms with Gasteiger partial charge in [0.2, 0.25) is 0 Å². The summed E-state index contributed by atoms with van der Waals surface area (Å²) in [6.07, 6.45) is 2.75. The van der Waals surface area contributed by atoms with Gasteiger partial charge in [-0.25, -0.2) is 0 Å². The Balaban J connectivity index is 1.82. The van der Waals surface area contributed by atoms with E-state index in [1.165, 1.54) is 24.2 Å². The van der Waals surface area contributed by atoms with Crippen LogP contribution in [0.3, 0.4) is 0 Å². The summed E-state index contributed by atoms with van der Waals surface area (Å²) in [6, 6.07) is 8.53. The smallest absolute Gasteiger partial charge is 0.0406 e. The van der Waals surface area contributed by atoms with Gasteiger partial charge in [0.25, 0.3) is 0 Å². The molecule has 1 aliphatic rings. The molecule has 1 heterocycles. The van der Waals surface area contributed by atoms with E-state index in [2.05, 4.69) is 36.1 Å². The van der Waals surface area contributed by atoms with E-state index in [-0.39, 0.29) is 0 Å². The average molecular weight is 256 g/mol. The number of benzene rings is 1. The highest BCUT2D eigenvalue weighted by atomic mass is 35.5. The van der Waals surface area contributed by atoms with E-state index in [0.29, 0.717) is 6.04 Å². The molecule has 1 nitrogen and oxygen atoms in total. The van der Waals surface area contributed by atoms with Crippen molar-refractivity contribution in [2.24, 2.45) is 0 Å². The lowest BCUT2D eigenvalue weighted by Crippen LogP contribution is -2.26. The standard InChI is InChI=1S/C13H18ClNS/c1-10(11-4-6-12(14)7-5-11)15-9-13-3-2-8-16-13/h4-7,10,13,15H,2-3,8-9H2,1H3. The molecule has 1 aliphatic heterocycles. The zero-order valence-corrected chi connectivity index (χ0v) is 11.2. The largest absolute Gasteiger partial charge is 0.309 e. The Labute approximate surface area is 107 Å². The Morgan fingerprint density at radius 2 is 2.19 bits per heavy atom. The molecule has 88 valence electrons. The summed E-state index contributed by atoms with van der Waals surface area (Å²) in [7, 11) is 0. The van der Waals surface area contributed by atoms with Gasteiger partial charge in [0.15, 0.2) is 0 Å². The van der Waals surface area contributed by atoms with Crippen molar-refractivity contribution >= 4 is 23.4 Å². The quantitative estimate of drug-likeness (QED) is 0.876. The van der Waals surface area contributed by atoms with Crippen LogP contribution in [-0.4, -0.2) is 17.5 Å². The Hall–Kier alpha value is -0.180. The van der Waals surface area contributed by atoms with E-state index in [4.69, 9.17) is 11.6 Å². The summed E-state index contributed by atoms with van der Waals surface area (Å²) in [5, 5.41) is 5.22. The second-order valence-electron chi connectivity index (χ2n) is 4.32. The predicted octanol–water partition coefficient (Wildman–Crippen LogP) is 3.89. The lowest BCUT2D eigenvalue weighted by Gasteiger charge is -2.17. The number of hydrogen-bond acceptors (Lipinski definition) is 2. The maximum atomic E-state index is 5.87. The molecule has 3 heteroatoms. The minimum Gasteiger partial charge on any atom is -0.309 e. The second-order valence-corrected chi connectivity index (χ2v) is 6.16. The molecular weight excluding hydrogens is 238 g/mol. The van der Waals surface area contributed by atoms with Crippen LogP contribution in [0.25, 0.3) is 0 Å². The van der Waals surface area contributed by atoms with E-state index in [9.17, 15) is 0 Å². The molecule has 0 aliphatic carbocycles. The first-order valence-electron chi connectivity index (χ1n) is 5.86. The first-order valence-corrected chi connectivity index (χ1v) is 7.29. The number of halogens is 1. The van der Waals surface area contributed by atoms with Crippen LogP contribution >= 0.6 is 23.4 Å². The van der Waals surface area contributed by atoms with Crippen molar-refractivity contribution in [2.75, 3.05) is 12.3 Å². The Morgan fingerprint density at radius 3 is 2.81 bits per heavy atom. The molecule has 0 amide bonds. The van der Waals surface area contributed by atoms with E-state index in [1.54, 1.807) is 0 Å². The fourth-order valence-electron chi connectivity index (χ4n) is 1.98. The van der Waals surface area contributed by atoms with Gasteiger partial charge in [-0.2, -0.15) is 11.8 Å². The first-order chi connectivity index (χ1) is 7.75. The van der Waals surface area contributed by atoms with Gasteiger partial charge < -0.3 is 5.32 Å². The summed E-state index contributed by atoms with van der Waals surface area (Å²) in [5.41, 5.74) is 1.31. The molecule has 2 unspecified atom stereocenters. The Bertz CT molecular complexity index is 319. The van der Waals surface area contributed by atoms with E-state index in [1.807, 2.05) is 12.1 Å². The van der Waals surface area contributed by atoms with Crippen molar-refractivity contribution in [3.05, 3.63) is 34.9 Å². The zero-order valence-electron chi connectivity index (χ0n) is 9.58. The summed E-state index contributed by atoms with van der Waals surface area (Å²) in [5.74, 6) is 1.33. The molecule has 0 saturated carbocycles. The summed E-state index contributed by atoms with van der Waals surface area (Å²) in [4.78, 5) is 0. The molecule has 1 fully saturated rings. The molecule has 0 radical (unpaired) electrons. The number of thioether (sulfide) groups is 1. The van der Waals surface area contributed by atoms with E-state index in [0.717, 1.165) is 16.8 Å². The molecule has 1 aromatic carbocycles. The third-order valence-corrected chi connectivity index (χ3v) is 4.70. The molecule has 1 saturated heterocycles. The topological polar surface area (TPSA) is 12.0 Å². The van der Waals surface area contributed by atoms with Crippen LogP contribution in [-0.2, 0) is 0 Å². The van der Waals surface area contributed by atoms with Gasteiger partial charge in [-0.05, 0) is 43.2 Å². The van der Waals surface area contributed by atoms with Gasteiger partial charge in [-0.15, -0.1) is 0 Å². The summed E-state index contributed by atoms with van der Waals surface area (Å²) < 4.78 is 0. The minimum atomic E-state index is 0.415.